The largest absolute Gasteiger partial charge is 0.290 e. The maximum atomic E-state index is 11.8. The van der Waals surface area contributed by atoms with E-state index in [1.807, 2.05) is 13.0 Å². The predicted molar refractivity (Wildman–Crippen MR) is 65.7 cm³/mol. The van der Waals surface area contributed by atoms with Gasteiger partial charge in [0.1, 0.15) is 6.33 Å². The lowest BCUT2D eigenvalue weighted by Crippen LogP contribution is -2.14. The van der Waals surface area contributed by atoms with E-state index in [-0.39, 0.29) is 5.91 Å². The van der Waals surface area contributed by atoms with Gasteiger partial charge in [0.15, 0.2) is 0 Å². The highest BCUT2D eigenvalue weighted by molar-refractivity contribution is 9.11. The van der Waals surface area contributed by atoms with Crippen LogP contribution in [-0.4, -0.2) is 20.7 Å². The zero-order chi connectivity index (χ0) is 11.7. The Morgan fingerprint density at radius 2 is 2.38 bits per heavy atom. The molecule has 0 aliphatic rings. The fourth-order valence-electron chi connectivity index (χ4n) is 1.14. The molecular weight excluding hydrogens is 292 g/mol. The molecule has 2 heterocycles. The summed E-state index contributed by atoms with van der Waals surface area (Å²) in [5, 5.41) is 6.56. The van der Waals surface area contributed by atoms with Gasteiger partial charge in [0, 0.05) is 7.05 Å². The molecule has 1 amide bonds. The maximum Gasteiger partial charge on any atom is 0.268 e. The third kappa shape index (κ3) is 2.14. The van der Waals surface area contributed by atoms with Crippen LogP contribution < -0.4 is 5.32 Å². The van der Waals surface area contributed by atoms with E-state index in [1.54, 1.807) is 7.05 Å². The normalized spacial score (nSPS) is 10.4. The fraction of sp³-hybridized carbons (Fsp3) is 0.222. The number of nitrogens with zero attached hydrogens (tertiary/aromatic N) is 3. The summed E-state index contributed by atoms with van der Waals surface area (Å²) in [6.07, 6.45) is 1.39. The van der Waals surface area contributed by atoms with Gasteiger partial charge < -0.3 is 0 Å². The van der Waals surface area contributed by atoms with Crippen molar-refractivity contribution in [3.05, 3.63) is 26.6 Å². The lowest BCUT2D eigenvalue weighted by molar-refractivity contribution is 0.102. The number of amides is 1. The number of aromatic nitrogens is 3. The molecule has 0 atom stereocenters. The molecule has 2 rings (SSSR count). The number of halogens is 1. The summed E-state index contributed by atoms with van der Waals surface area (Å²) >= 11 is 4.78. The summed E-state index contributed by atoms with van der Waals surface area (Å²) in [5.41, 5.74) is 1.05. The topological polar surface area (TPSA) is 59.8 Å². The van der Waals surface area contributed by atoms with E-state index < -0.39 is 0 Å². The van der Waals surface area contributed by atoms with Crippen LogP contribution in [0.25, 0.3) is 0 Å². The van der Waals surface area contributed by atoms with Crippen molar-refractivity contribution < 1.29 is 4.79 Å². The first-order chi connectivity index (χ1) is 7.58. The molecule has 2 aromatic heterocycles. The second-order valence-electron chi connectivity index (χ2n) is 3.23. The zero-order valence-corrected chi connectivity index (χ0v) is 11.1. The van der Waals surface area contributed by atoms with Crippen molar-refractivity contribution in [2.24, 2.45) is 7.05 Å². The van der Waals surface area contributed by atoms with Gasteiger partial charge in [0.25, 0.3) is 5.91 Å². The highest BCUT2D eigenvalue weighted by atomic mass is 79.9. The van der Waals surface area contributed by atoms with Crippen molar-refractivity contribution >= 4 is 39.1 Å². The zero-order valence-electron chi connectivity index (χ0n) is 8.69. The molecular formula is C9H9BrN4OS. The minimum Gasteiger partial charge on any atom is -0.290 e. The van der Waals surface area contributed by atoms with Gasteiger partial charge in [-0.05, 0) is 34.5 Å². The Bertz CT molecular complexity index is 514. The summed E-state index contributed by atoms with van der Waals surface area (Å²) < 4.78 is 2.48. The molecule has 0 aromatic carbocycles. The minimum absolute atomic E-state index is 0.171. The SMILES string of the molecule is Cc1cc(C(=O)Nc2ncnn2C)sc1Br. The second-order valence-corrected chi connectivity index (χ2v) is 5.60. The smallest absolute Gasteiger partial charge is 0.268 e. The first-order valence-electron chi connectivity index (χ1n) is 4.49. The molecule has 0 fully saturated rings. The van der Waals surface area contributed by atoms with E-state index in [0.717, 1.165) is 9.35 Å². The Morgan fingerprint density at radius 1 is 1.62 bits per heavy atom. The maximum absolute atomic E-state index is 11.8. The van der Waals surface area contributed by atoms with E-state index >= 15 is 0 Å². The molecule has 7 heteroatoms. The van der Waals surface area contributed by atoms with Crippen molar-refractivity contribution in [3.63, 3.8) is 0 Å². The van der Waals surface area contributed by atoms with Gasteiger partial charge in [-0.3, -0.25) is 10.1 Å². The molecule has 16 heavy (non-hydrogen) atoms. The Morgan fingerprint density at radius 3 is 2.88 bits per heavy atom. The number of anilines is 1. The molecule has 0 bridgehead atoms. The quantitative estimate of drug-likeness (QED) is 0.925. The first-order valence-corrected chi connectivity index (χ1v) is 6.10. The van der Waals surface area contributed by atoms with Gasteiger partial charge in [-0.25, -0.2) is 4.68 Å². The molecule has 0 spiro atoms. The fourth-order valence-corrected chi connectivity index (χ4v) is 2.57. The average Bonchev–Trinajstić information content (AvgIpc) is 2.76. The second kappa shape index (κ2) is 4.34. The molecule has 84 valence electrons. The van der Waals surface area contributed by atoms with E-state index in [0.29, 0.717) is 10.8 Å². The van der Waals surface area contributed by atoms with E-state index in [1.165, 1.54) is 22.3 Å². The Balaban J connectivity index is 2.18. The molecule has 0 aliphatic carbocycles. The summed E-state index contributed by atoms with van der Waals surface area (Å²) in [7, 11) is 1.72. The van der Waals surface area contributed by atoms with Gasteiger partial charge in [-0.1, -0.05) is 0 Å². The van der Waals surface area contributed by atoms with Crippen LogP contribution in [0.15, 0.2) is 16.2 Å². The predicted octanol–water partition coefficient (Wildman–Crippen LogP) is 2.20. The summed E-state index contributed by atoms with van der Waals surface area (Å²) in [5.74, 6) is 0.266. The van der Waals surface area contributed by atoms with E-state index in [2.05, 4.69) is 31.3 Å². The molecule has 0 unspecified atom stereocenters. The molecule has 0 saturated heterocycles. The Kier molecular flexibility index (Phi) is 3.06. The average molecular weight is 301 g/mol. The monoisotopic (exact) mass is 300 g/mol. The number of rotatable bonds is 2. The molecule has 1 N–H and O–H groups in total. The van der Waals surface area contributed by atoms with Crippen molar-refractivity contribution in [1.82, 2.24) is 14.8 Å². The van der Waals surface area contributed by atoms with Crippen LogP contribution in [-0.2, 0) is 7.05 Å². The number of aryl methyl sites for hydroxylation is 2. The molecule has 5 nitrogen and oxygen atoms in total. The number of nitrogens with one attached hydrogen (secondary N) is 1. The standard InChI is InChI=1S/C9H9BrN4OS/c1-5-3-6(16-7(5)10)8(15)13-9-11-4-12-14(9)2/h3-4H,1-2H3,(H,11,12,13,15). The number of carbonyl (C=O) groups excluding carboxylic acids is 1. The van der Waals surface area contributed by atoms with Crippen molar-refractivity contribution in [2.75, 3.05) is 5.32 Å². The Labute approximate surface area is 105 Å². The molecule has 0 saturated carbocycles. The van der Waals surface area contributed by atoms with Gasteiger partial charge in [-0.15, -0.1) is 11.3 Å². The Hall–Kier alpha value is -1.21. The van der Waals surface area contributed by atoms with Gasteiger partial charge >= 0.3 is 0 Å². The van der Waals surface area contributed by atoms with Crippen LogP contribution in [0.3, 0.4) is 0 Å². The highest BCUT2D eigenvalue weighted by Gasteiger charge is 2.13. The number of hydrogen-bond acceptors (Lipinski definition) is 4. The van der Waals surface area contributed by atoms with Crippen molar-refractivity contribution in [3.8, 4) is 0 Å². The van der Waals surface area contributed by atoms with Crippen LogP contribution in [0.5, 0.6) is 0 Å². The summed E-state index contributed by atoms with van der Waals surface area (Å²) in [4.78, 5) is 16.4. The first kappa shape index (κ1) is 11.3. The minimum atomic E-state index is -0.171. The van der Waals surface area contributed by atoms with Crippen LogP contribution in [0.1, 0.15) is 15.2 Å². The molecule has 2 aromatic rings. The third-order valence-electron chi connectivity index (χ3n) is 2.02. The molecule has 0 radical (unpaired) electrons. The van der Waals surface area contributed by atoms with Crippen molar-refractivity contribution in [2.45, 2.75) is 6.92 Å². The number of thiophene rings is 1. The van der Waals surface area contributed by atoms with Crippen LogP contribution in [0.2, 0.25) is 0 Å². The van der Waals surface area contributed by atoms with E-state index in [9.17, 15) is 4.79 Å². The van der Waals surface area contributed by atoms with Crippen LogP contribution >= 0.6 is 27.3 Å². The van der Waals surface area contributed by atoms with Crippen molar-refractivity contribution in [1.29, 1.82) is 0 Å². The summed E-state index contributed by atoms with van der Waals surface area (Å²) in [6, 6.07) is 1.83. The number of hydrogen-bond donors (Lipinski definition) is 1. The van der Waals surface area contributed by atoms with Crippen LogP contribution in [0.4, 0.5) is 5.95 Å². The van der Waals surface area contributed by atoms with E-state index in [4.69, 9.17) is 0 Å². The number of carbonyl (C=O) groups is 1. The highest BCUT2D eigenvalue weighted by Crippen LogP contribution is 2.27. The lowest BCUT2D eigenvalue weighted by Gasteiger charge is -2.00. The van der Waals surface area contributed by atoms with Gasteiger partial charge in [-0.2, -0.15) is 10.1 Å². The lowest BCUT2D eigenvalue weighted by atomic mass is 10.3. The van der Waals surface area contributed by atoms with Crippen LogP contribution in [0, 0.1) is 6.92 Å². The third-order valence-corrected chi connectivity index (χ3v) is 4.15. The molecule has 0 aliphatic heterocycles. The summed E-state index contributed by atoms with van der Waals surface area (Å²) in [6.45, 7) is 1.94. The van der Waals surface area contributed by atoms with Gasteiger partial charge in [0.2, 0.25) is 5.95 Å². The van der Waals surface area contributed by atoms with Gasteiger partial charge in [0.05, 0.1) is 8.66 Å².